The molecule has 5 nitrogen and oxygen atoms in total. The van der Waals surface area contributed by atoms with Crippen LogP contribution in [0.25, 0.3) is 0 Å². The zero-order chi connectivity index (χ0) is 15.0. The van der Waals surface area contributed by atoms with E-state index in [0.717, 1.165) is 6.42 Å². The summed E-state index contributed by atoms with van der Waals surface area (Å²) in [5.41, 5.74) is 0. The Bertz CT molecular complexity index is 448. The van der Waals surface area contributed by atoms with Crippen molar-refractivity contribution in [2.75, 3.05) is 26.7 Å². The minimum Gasteiger partial charge on any atom is -0.484 e. The molecular formula is C14H19ClN2O3. The first-order valence-corrected chi connectivity index (χ1v) is 6.79. The monoisotopic (exact) mass is 298 g/mol. The van der Waals surface area contributed by atoms with Crippen molar-refractivity contribution in [1.29, 1.82) is 0 Å². The molecule has 110 valence electrons. The van der Waals surface area contributed by atoms with Crippen LogP contribution in [0.15, 0.2) is 24.3 Å². The van der Waals surface area contributed by atoms with Gasteiger partial charge in [-0.3, -0.25) is 9.59 Å². The van der Waals surface area contributed by atoms with E-state index in [9.17, 15) is 9.59 Å². The summed E-state index contributed by atoms with van der Waals surface area (Å²) in [6, 6.07) is 6.74. The number of likely N-dealkylation sites (N-methyl/N-ethyl adjacent to an activating group) is 1. The Hall–Kier alpha value is -1.75. The van der Waals surface area contributed by atoms with E-state index in [1.807, 2.05) is 6.92 Å². The van der Waals surface area contributed by atoms with Gasteiger partial charge in [0.05, 0.1) is 6.54 Å². The van der Waals surface area contributed by atoms with E-state index in [0.29, 0.717) is 17.3 Å². The highest BCUT2D eigenvalue weighted by Gasteiger charge is 2.13. The van der Waals surface area contributed by atoms with Gasteiger partial charge in [-0.05, 0) is 30.7 Å². The van der Waals surface area contributed by atoms with E-state index in [1.54, 1.807) is 31.3 Å². The molecule has 20 heavy (non-hydrogen) atoms. The van der Waals surface area contributed by atoms with Crippen LogP contribution in [0.4, 0.5) is 0 Å². The molecule has 1 rings (SSSR count). The molecule has 0 aromatic heterocycles. The molecule has 0 heterocycles. The number of amides is 2. The average molecular weight is 299 g/mol. The number of rotatable bonds is 7. The summed E-state index contributed by atoms with van der Waals surface area (Å²) < 4.78 is 5.33. The van der Waals surface area contributed by atoms with Crippen molar-refractivity contribution in [3.8, 4) is 5.75 Å². The zero-order valence-electron chi connectivity index (χ0n) is 11.7. The van der Waals surface area contributed by atoms with Gasteiger partial charge in [-0.2, -0.15) is 0 Å². The maximum Gasteiger partial charge on any atom is 0.260 e. The molecule has 0 saturated heterocycles. The van der Waals surface area contributed by atoms with Gasteiger partial charge in [0, 0.05) is 18.6 Å². The molecule has 0 radical (unpaired) electrons. The molecule has 1 aromatic carbocycles. The summed E-state index contributed by atoms with van der Waals surface area (Å²) in [5.74, 6) is 0.132. The summed E-state index contributed by atoms with van der Waals surface area (Å²) in [6.45, 7) is 2.50. The van der Waals surface area contributed by atoms with Gasteiger partial charge in [-0.15, -0.1) is 0 Å². The second kappa shape index (κ2) is 8.43. The van der Waals surface area contributed by atoms with E-state index in [-0.39, 0.29) is 25.0 Å². The van der Waals surface area contributed by atoms with Crippen LogP contribution in [0, 0.1) is 0 Å². The molecule has 0 unspecified atom stereocenters. The zero-order valence-corrected chi connectivity index (χ0v) is 12.4. The summed E-state index contributed by atoms with van der Waals surface area (Å²) >= 11 is 5.75. The molecule has 0 atom stereocenters. The highest BCUT2D eigenvalue weighted by molar-refractivity contribution is 6.30. The molecule has 0 saturated carbocycles. The summed E-state index contributed by atoms with van der Waals surface area (Å²) in [6.07, 6.45) is 0.864. The lowest BCUT2D eigenvalue weighted by Gasteiger charge is -2.17. The maximum atomic E-state index is 11.8. The molecule has 0 spiro atoms. The number of ether oxygens (including phenoxy) is 1. The second-order valence-corrected chi connectivity index (χ2v) is 4.78. The van der Waals surface area contributed by atoms with Crippen LogP contribution >= 0.6 is 11.6 Å². The standard InChI is InChI=1S/C14H19ClN2O3/c1-3-8-16-13(18)9-17(2)14(19)10-20-12-6-4-11(15)5-7-12/h4-7H,3,8-10H2,1-2H3,(H,16,18). The topological polar surface area (TPSA) is 58.6 Å². The Morgan fingerprint density at radius 2 is 1.95 bits per heavy atom. The van der Waals surface area contributed by atoms with Gasteiger partial charge >= 0.3 is 0 Å². The van der Waals surface area contributed by atoms with E-state index < -0.39 is 0 Å². The van der Waals surface area contributed by atoms with E-state index in [4.69, 9.17) is 16.3 Å². The lowest BCUT2D eigenvalue weighted by molar-refractivity contribution is -0.136. The quantitative estimate of drug-likeness (QED) is 0.833. The Morgan fingerprint density at radius 1 is 1.30 bits per heavy atom. The van der Waals surface area contributed by atoms with E-state index in [2.05, 4.69) is 5.32 Å². The number of benzene rings is 1. The van der Waals surface area contributed by atoms with Crippen LogP contribution < -0.4 is 10.1 Å². The Labute approximate surface area is 123 Å². The number of carbonyl (C=O) groups is 2. The maximum absolute atomic E-state index is 11.8. The Morgan fingerprint density at radius 3 is 2.55 bits per heavy atom. The molecule has 0 bridgehead atoms. The summed E-state index contributed by atoms with van der Waals surface area (Å²) in [7, 11) is 1.57. The van der Waals surface area contributed by atoms with Crippen LogP contribution in [0.3, 0.4) is 0 Å². The van der Waals surface area contributed by atoms with E-state index >= 15 is 0 Å². The molecule has 2 amide bonds. The predicted octanol–water partition coefficient (Wildman–Crippen LogP) is 1.70. The number of hydrogen-bond donors (Lipinski definition) is 1. The lowest BCUT2D eigenvalue weighted by atomic mass is 10.3. The number of halogens is 1. The Balaban J connectivity index is 2.34. The lowest BCUT2D eigenvalue weighted by Crippen LogP contribution is -2.40. The second-order valence-electron chi connectivity index (χ2n) is 4.34. The number of nitrogens with one attached hydrogen (secondary N) is 1. The highest BCUT2D eigenvalue weighted by atomic mass is 35.5. The van der Waals surface area contributed by atoms with Gasteiger partial charge in [-0.25, -0.2) is 0 Å². The third-order valence-electron chi connectivity index (χ3n) is 2.55. The molecule has 0 fully saturated rings. The van der Waals surface area contributed by atoms with Gasteiger partial charge in [-0.1, -0.05) is 18.5 Å². The normalized spacial score (nSPS) is 9.95. The first-order chi connectivity index (χ1) is 9.52. The van der Waals surface area contributed by atoms with Crippen molar-refractivity contribution >= 4 is 23.4 Å². The van der Waals surface area contributed by atoms with E-state index in [1.165, 1.54) is 4.90 Å². The van der Waals surface area contributed by atoms with Gasteiger partial charge in [0.1, 0.15) is 5.75 Å². The molecule has 0 aliphatic rings. The first-order valence-electron chi connectivity index (χ1n) is 6.42. The predicted molar refractivity (Wildman–Crippen MR) is 77.9 cm³/mol. The fraction of sp³-hybridized carbons (Fsp3) is 0.429. The minimum absolute atomic E-state index is 0.0306. The third-order valence-corrected chi connectivity index (χ3v) is 2.81. The minimum atomic E-state index is -0.258. The van der Waals surface area contributed by atoms with Crippen molar-refractivity contribution in [2.45, 2.75) is 13.3 Å². The van der Waals surface area contributed by atoms with Crippen LogP contribution in [0.5, 0.6) is 5.75 Å². The van der Waals surface area contributed by atoms with Gasteiger partial charge in [0.25, 0.3) is 5.91 Å². The number of carbonyl (C=O) groups excluding carboxylic acids is 2. The van der Waals surface area contributed by atoms with Crippen LogP contribution in [-0.2, 0) is 9.59 Å². The molecule has 0 aliphatic heterocycles. The largest absolute Gasteiger partial charge is 0.484 e. The molecule has 1 N–H and O–H groups in total. The highest BCUT2D eigenvalue weighted by Crippen LogP contribution is 2.15. The van der Waals surface area contributed by atoms with Gasteiger partial charge in [0.2, 0.25) is 5.91 Å². The molecular weight excluding hydrogens is 280 g/mol. The van der Waals surface area contributed by atoms with Crippen LogP contribution in [0.2, 0.25) is 5.02 Å². The Kier molecular flexibility index (Phi) is 6.87. The van der Waals surface area contributed by atoms with Crippen LogP contribution in [0.1, 0.15) is 13.3 Å². The first kappa shape index (κ1) is 16.3. The summed E-state index contributed by atoms with van der Waals surface area (Å²) in [4.78, 5) is 24.6. The number of hydrogen-bond acceptors (Lipinski definition) is 3. The van der Waals surface area contributed by atoms with Crippen molar-refractivity contribution in [3.05, 3.63) is 29.3 Å². The van der Waals surface area contributed by atoms with Gasteiger partial charge < -0.3 is 15.0 Å². The molecule has 1 aromatic rings. The SMILES string of the molecule is CCCNC(=O)CN(C)C(=O)COc1ccc(Cl)cc1. The smallest absolute Gasteiger partial charge is 0.260 e. The average Bonchev–Trinajstić information content (AvgIpc) is 2.44. The fourth-order valence-corrected chi connectivity index (χ4v) is 1.54. The van der Waals surface area contributed by atoms with Crippen molar-refractivity contribution in [3.63, 3.8) is 0 Å². The fourth-order valence-electron chi connectivity index (χ4n) is 1.41. The summed E-state index contributed by atoms with van der Waals surface area (Å²) in [5, 5.41) is 3.31. The third kappa shape index (κ3) is 5.93. The molecule has 6 heteroatoms. The van der Waals surface area contributed by atoms with Crippen molar-refractivity contribution in [1.82, 2.24) is 10.2 Å². The van der Waals surface area contributed by atoms with Crippen molar-refractivity contribution in [2.24, 2.45) is 0 Å². The van der Waals surface area contributed by atoms with Crippen molar-refractivity contribution < 1.29 is 14.3 Å². The van der Waals surface area contributed by atoms with Crippen LogP contribution in [-0.4, -0.2) is 43.5 Å². The molecule has 0 aliphatic carbocycles. The van der Waals surface area contributed by atoms with Gasteiger partial charge in [0.15, 0.2) is 6.61 Å². The number of nitrogens with zero attached hydrogens (tertiary/aromatic N) is 1.